The third kappa shape index (κ3) is 23.7. The molecule has 616 valence electrons. The maximum atomic E-state index is 6.81. The van der Waals surface area contributed by atoms with Gasteiger partial charge in [-0.15, -0.1) is 0 Å². The summed E-state index contributed by atoms with van der Waals surface area (Å²) in [5.41, 5.74) is 16.6. The van der Waals surface area contributed by atoms with E-state index >= 15 is 0 Å². The molecule has 0 aliphatic carbocycles. The van der Waals surface area contributed by atoms with Crippen LogP contribution in [-0.2, 0) is 18.9 Å². The van der Waals surface area contributed by atoms with E-state index in [1.807, 2.05) is 42.5 Å². The molecule has 2 heterocycles. The molecular weight excluding hydrogens is 1480 g/mol. The third-order valence-electron chi connectivity index (χ3n) is 21.7. The summed E-state index contributed by atoms with van der Waals surface area (Å²) in [7, 11) is 0. The van der Waals surface area contributed by atoms with E-state index in [4.69, 9.17) is 47.4 Å². The Kier molecular flexibility index (Phi) is 29.8. The fraction of sp³-hybridized carbons (Fsp3) is 0.314. The topological polar surface area (TPSA) is 105 Å². The lowest BCUT2D eigenvalue weighted by atomic mass is 9.90. The monoisotopic (exact) mass is 1590 g/mol. The van der Waals surface area contributed by atoms with Crippen LogP contribution in [-0.4, -0.2) is 79.3 Å². The summed E-state index contributed by atoms with van der Waals surface area (Å²) in [5, 5.41) is 0. The van der Waals surface area contributed by atoms with Gasteiger partial charge >= 0.3 is 0 Å². The van der Waals surface area contributed by atoms with Gasteiger partial charge in [0.15, 0.2) is 0 Å². The first-order chi connectivity index (χ1) is 58.4. The zero-order valence-electron chi connectivity index (χ0n) is 70.3. The lowest BCUT2D eigenvalue weighted by Crippen LogP contribution is -2.43. The second-order valence-electron chi connectivity index (χ2n) is 32.3. The van der Waals surface area contributed by atoms with E-state index in [9.17, 15) is 0 Å². The number of hydrogen-bond acceptors (Lipinski definition) is 14. The predicted molar refractivity (Wildman–Crippen MR) is 486 cm³/mol. The van der Waals surface area contributed by atoms with Gasteiger partial charge in [0.05, 0.1) is 66.1 Å². The molecule has 2 fully saturated rings. The molecule has 14 heteroatoms. The Morgan fingerprint density at radius 1 is 0.252 bits per heavy atom. The number of rotatable bonds is 46. The molecule has 119 heavy (non-hydrogen) atoms. The van der Waals surface area contributed by atoms with Gasteiger partial charge in [-0.1, -0.05) is 169 Å². The summed E-state index contributed by atoms with van der Waals surface area (Å²) < 4.78 is 62.1. The number of aryl methyl sites for hydroxylation is 2. The Balaban J connectivity index is 0.703. The van der Waals surface area contributed by atoms with E-state index in [0.29, 0.717) is 63.5 Å². The minimum absolute atomic E-state index is 0.125. The molecular formula is C105H116N4O10. The van der Waals surface area contributed by atoms with Crippen molar-refractivity contribution in [3.05, 3.63) is 302 Å². The van der Waals surface area contributed by atoms with E-state index < -0.39 is 0 Å². The second kappa shape index (κ2) is 42.2. The van der Waals surface area contributed by atoms with Crippen molar-refractivity contribution in [2.24, 2.45) is 10.8 Å². The van der Waals surface area contributed by atoms with E-state index in [1.165, 1.54) is 43.2 Å². The predicted octanol–water partition coefficient (Wildman–Crippen LogP) is 28.2. The van der Waals surface area contributed by atoms with Gasteiger partial charge in [0.25, 0.3) is 0 Å². The summed E-state index contributed by atoms with van der Waals surface area (Å²) in [6.07, 6.45) is 14.0. The van der Waals surface area contributed by atoms with Gasteiger partial charge in [0, 0.05) is 129 Å². The van der Waals surface area contributed by atoms with Crippen LogP contribution in [0.4, 0.5) is 68.2 Å². The first-order valence-corrected chi connectivity index (χ1v) is 42.9. The minimum Gasteiger partial charge on any atom is -0.494 e. The van der Waals surface area contributed by atoms with Crippen LogP contribution in [0.5, 0.6) is 46.0 Å². The van der Waals surface area contributed by atoms with Crippen molar-refractivity contribution in [2.45, 2.75) is 125 Å². The van der Waals surface area contributed by atoms with Gasteiger partial charge in [0.1, 0.15) is 46.0 Å². The van der Waals surface area contributed by atoms with Crippen LogP contribution in [0, 0.1) is 24.7 Å². The van der Waals surface area contributed by atoms with Crippen LogP contribution in [0.1, 0.15) is 122 Å². The average molecular weight is 1590 g/mol. The molecule has 0 unspecified atom stereocenters. The zero-order chi connectivity index (χ0) is 81.9. The van der Waals surface area contributed by atoms with Crippen molar-refractivity contribution in [1.82, 2.24) is 0 Å². The van der Waals surface area contributed by atoms with Gasteiger partial charge in [-0.25, -0.2) is 0 Å². The highest BCUT2D eigenvalue weighted by Crippen LogP contribution is 2.45. The molecule has 12 aromatic rings. The second-order valence-corrected chi connectivity index (χ2v) is 32.3. The van der Waals surface area contributed by atoms with Crippen molar-refractivity contribution < 1.29 is 47.4 Å². The molecule has 2 saturated heterocycles. The first kappa shape index (κ1) is 84.0. The van der Waals surface area contributed by atoms with E-state index in [1.54, 1.807) is 0 Å². The summed E-state index contributed by atoms with van der Waals surface area (Å²) in [4.78, 5) is 9.05. The summed E-state index contributed by atoms with van der Waals surface area (Å²) in [5.74, 6) is 6.11. The number of hydrogen-bond donors (Lipinski definition) is 0. The van der Waals surface area contributed by atoms with Crippen LogP contribution in [0.3, 0.4) is 0 Å². The van der Waals surface area contributed by atoms with Gasteiger partial charge < -0.3 is 67.0 Å². The highest BCUT2D eigenvalue weighted by atomic mass is 16.5. The largest absolute Gasteiger partial charge is 0.494 e. The highest BCUT2D eigenvalue weighted by Gasteiger charge is 2.34. The maximum Gasteiger partial charge on any atom is 0.129 e. The van der Waals surface area contributed by atoms with Crippen LogP contribution in [0.15, 0.2) is 291 Å². The Hall–Kier alpha value is -11.5. The van der Waals surface area contributed by atoms with Crippen molar-refractivity contribution >= 4 is 68.2 Å². The fourth-order valence-corrected chi connectivity index (χ4v) is 14.9. The number of ether oxygens (including phenoxy) is 10. The first-order valence-electron chi connectivity index (χ1n) is 42.9. The molecule has 0 N–H and O–H groups in total. The molecule has 14 nitrogen and oxygen atoms in total. The molecule has 0 saturated carbocycles. The van der Waals surface area contributed by atoms with Crippen molar-refractivity contribution in [3.63, 3.8) is 0 Å². The Morgan fingerprint density at radius 2 is 0.496 bits per heavy atom. The Labute approximate surface area is 705 Å². The van der Waals surface area contributed by atoms with Crippen molar-refractivity contribution in [2.75, 3.05) is 98.9 Å². The van der Waals surface area contributed by atoms with Crippen LogP contribution < -0.4 is 48.0 Å². The SMILES string of the molecule is CCCCCCCOc1cccc(N(c2ccc(Oc3cccc(N(c4ccc(C)cc4)c4cccc(OCCCCCC)c4)c3)cc2)c2ccc(-c3ccc(N(c4cccc(OCCCCOCC5(C)COC5)c4)c4cccc(Oc5ccc(N(c6ccc(C)cc6)c6cccc(OCCCCOCC7(C)COC7)c6)cc5)c4)cc3)cc2)c1. The number of anilines is 12. The summed E-state index contributed by atoms with van der Waals surface area (Å²) in [6, 6.07) is 102. The maximum absolute atomic E-state index is 6.81. The van der Waals surface area contributed by atoms with Gasteiger partial charge in [-0.3, -0.25) is 0 Å². The Bertz CT molecular complexity index is 5090. The third-order valence-corrected chi connectivity index (χ3v) is 21.7. The molecule has 0 bridgehead atoms. The lowest BCUT2D eigenvalue weighted by molar-refractivity contribution is -0.138. The van der Waals surface area contributed by atoms with E-state index in [2.05, 4.69) is 310 Å². The standard InChI is InChI=1S/C105H116N4O10/c1-7-9-11-13-15-65-115-98-32-21-27-91(69-98)107(89-56-60-97(61-57-89)118-102-36-24-30-94(72-102)108(85-48-40-81(4)41-49-85)92-28-22-34-100(70-92)114-64-14-12-10-8-2)86-50-42-82(43-51-86)83-44-52-87(53-45-83)109(93-29-23-35-101(71-93)117-67-19-17-63-111-75-105(6)78-113-79-105)95-31-25-37-103(73-95)119-96-58-54-88(55-59-96)106(84-46-38-80(3)39-47-84)90-26-20-33-99(68-90)116-66-18-16-62-110-74-104(5)76-112-77-104/h20-61,68-73H,7-19,62-67,74-79H2,1-6H3. The minimum atomic E-state index is 0.125. The molecule has 0 aromatic heterocycles. The quantitative estimate of drug-likeness (QED) is 0.0338. The molecule has 0 radical (unpaired) electrons. The van der Waals surface area contributed by atoms with Crippen molar-refractivity contribution in [1.29, 1.82) is 0 Å². The van der Waals surface area contributed by atoms with Gasteiger partial charge in [-0.05, 0) is 233 Å². The number of nitrogens with zero attached hydrogens (tertiary/aromatic N) is 4. The molecule has 12 aromatic carbocycles. The zero-order valence-corrected chi connectivity index (χ0v) is 70.3. The summed E-state index contributed by atoms with van der Waals surface area (Å²) in [6.45, 7) is 21.6. The number of unbranched alkanes of at least 4 members (excludes halogenated alkanes) is 9. The molecule has 0 spiro atoms. The Morgan fingerprint density at radius 3 is 0.790 bits per heavy atom. The molecule has 14 rings (SSSR count). The van der Waals surface area contributed by atoms with E-state index in [0.717, 1.165) is 193 Å². The van der Waals surface area contributed by atoms with Gasteiger partial charge in [0.2, 0.25) is 0 Å². The molecule has 2 aliphatic rings. The van der Waals surface area contributed by atoms with Crippen LogP contribution in [0.25, 0.3) is 11.1 Å². The number of benzene rings is 12. The highest BCUT2D eigenvalue weighted by molar-refractivity contribution is 5.84. The lowest BCUT2D eigenvalue weighted by Gasteiger charge is -2.37. The average Bonchev–Trinajstić information content (AvgIpc) is 0.798. The van der Waals surface area contributed by atoms with Crippen LogP contribution >= 0.6 is 0 Å². The van der Waals surface area contributed by atoms with Gasteiger partial charge in [-0.2, -0.15) is 0 Å². The molecule has 0 atom stereocenters. The molecule has 2 aliphatic heterocycles. The fourth-order valence-electron chi connectivity index (χ4n) is 14.9. The molecule has 0 amide bonds. The van der Waals surface area contributed by atoms with E-state index in [-0.39, 0.29) is 10.8 Å². The summed E-state index contributed by atoms with van der Waals surface area (Å²) >= 11 is 0. The smallest absolute Gasteiger partial charge is 0.129 e. The van der Waals surface area contributed by atoms with Crippen LogP contribution in [0.2, 0.25) is 0 Å². The van der Waals surface area contributed by atoms with Crippen molar-refractivity contribution in [3.8, 4) is 57.1 Å². The normalized spacial score (nSPS) is 13.2.